The van der Waals surface area contributed by atoms with Crippen LogP contribution in [0.5, 0.6) is 0 Å². The second-order valence-electron chi connectivity index (χ2n) is 7.32. The Hall–Kier alpha value is -1.69. The number of anilines is 1. The van der Waals surface area contributed by atoms with E-state index in [1.165, 1.54) is 25.7 Å². The summed E-state index contributed by atoms with van der Waals surface area (Å²) in [6.07, 6.45) is 6.59. The van der Waals surface area contributed by atoms with Crippen molar-refractivity contribution in [1.82, 2.24) is 19.8 Å². The first kappa shape index (κ1) is 16.2. The van der Waals surface area contributed by atoms with Crippen molar-refractivity contribution in [2.75, 3.05) is 18.5 Å². The molecule has 0 saturated heterocycles. The number of hydrogen-bond acceptors (Lipinski definition) is 5. The van der Waals surface area contributed by atoms with Crippen LogP contribution in [0.1, 0.15) is 58.7 Å². The van der Waals surface area contributed by atoms with E-state index in [9.17, 15) is 0 Å². The molecule has 0 atom stereocenters. The zero-order valence-corrected chi connectivity index (χ0v) is 14.4. The topological polar surface area (TPSA) is 64.3 Å². The summed E-state index contributed by atoms with van der Waals surface area (Å²) in [5, 5.41) is 16.4. The molecule has 2 aromatic rings. The minimum absolute atomic E-state index is 0.0832. The van der Waals surface area contributed by atoms with Gasteiger partial charge < -0.3 is 10.1 Å². The number of nitrogens with zero attached hydrogens (tertiary/aromatic N) is 4. The maximum atomic E-state index is 5.88. The van der Waals surface area contributed by atoms with Crippen LogP contribution in [0.2, 0.25) is 0 Å². The van der Waals surface area contributed by atoms with Crippen molar-refractivity contribution in [2.24, 2.45) is 0 Å². The Balaban J connectivity index is 1.53. The molecule has 3 rings (SSSR count). The van der Waals surface area contributed by atoms with Gasteiger partial charge in [-0.1, -0.05) is 33.6 Å². The Morgan fingerprint density at radius 1 is 1.22 bits per heavy atom. The quantitative estimate of drug-likeness (QED) is 0.829. The number of hydrogen-bond donors (Lipinski definition) is 1. The molecule has 0 bridgehead atoms. The van der Waals surface area contributed by atoms with Crippen LogP contribution in [0.4, 0.5) is 5.82 Å². The first-order valence-corrected chi connectivity index (χ1v) is 8.62. The Morgan fingerprint density at radius 2 is 2.00 bits per heavy atom. The predicted molar refractivity (Wildman–Crippen MR) is 90.8 cm³/mol. The molecule has 6 heteroatoms. The van der Waals surface area contributed by atoms with Crippen LogP contribution in [0.3, 0.4) is 0 Å². The highest BCUT2D eigenvalue weighted by molar-refractivity contribution is 5.44. The number of aromatic nitrogens is 4. The van der Waals surface area contributed by atoms with Gasteiger partial charge in [-0.2, -0.15) is 4.52 Å². The van der Waals surface area contributed by atoms with Crippen molar-refractivity contribution >= 4 is 11.5 Å². The van der Waals surface area contributed by atoms with E-state index >= 15 is 0 Å². The summed E-state index contributed by atoms with van der Waals surface area (Å²) in [4.78, 5) is 0. The Kier molecular flexibility index (Phi) is 4.80. The fraction of sp³-hybridized carbons (Fsp3) is 0.706. The van der Waals surface area contributed by atoms with Crippen LogP contribution in [-0.4, -0.2) is 39.1 Å². The van der Waals surface area contributed by atoms with Crippen molar-refractivity contribution in [3.63, 3.8) is 0 Å². The van der Waals surface area contributed by atoms with Gasteiger partial charge in [0, 0.05) is 18.6 Å². The average molecular weight is 317 g/mol. The van der Waals surface area contributed by atoms with Crippen molar-refractivity contribution in [1.29, 1.82) is 0 Å². The van der Waals surface area contributed by atoms with Crippen LogP contribution in [0, 0.1) is 0 Å². The van der Waals surface area contributed by atoms with Gasteiger partial charge >= 0.3 is 0 Å². The number of fused-ring (bicyclic) bond motifs is 1. The van der Waals surface area contributed by atoms with Gasteiger partial charge in [0.15, 0.2) is 11.5 Å². The smallest absolute Gasteiger partial charge is 0.178 e. The first-order chi connectivity index (χ1) is 11.0. The van der Waals surface area contributed by atoms with E-state index in [1.807, 2.05) is 16.6 Å². The number of nitrogens with one attached hydrogen (secondary N) is 1. The lowest BCUT2D eigenvalue weighted by Crippen LogP contribution is -2.18. The Bertz CT molecular complexity index is 640. The maximum Gasteiger partial charge on any atom is 0.178 e. The van der Waals surface area contributed by atoms with E-state index in [1.54, 1.807) is 0 Å². The molecular weight excluding hydrogens is 290 g/mol. The molecule has 0 aromatic carbocycles. The molecule has 1 aliphatic rings. The van der Waals surface area contributed by atoms with Crippen LogP contribution in [0.25, 0.3) is 5.65 Å². The van der Waals surface area contributed by atoms with Gasteiger partial charge in [-0.15, -0.1) is 15.3 Å². The van der Waals surface area contributed by atoms with Crippen LogP contribution < -0.4 is 5.32 Å². The molecule has 23 heavy (non-hydrogen) atoms. The Morgan fingerprint density at radius 3 is 2.74 bits per heavy atom. The molecule has 2 aromatic heterocycles. The molecule has 0 radical (unpaired) electrons. The monoisotopic (exact) mass is 317 g/mol. The lowest BCUT2D eigenvalue weighted by Gasteiger charge is -2.15. The number of rotatable bonds is 6. The predicted octanol–water partition coefficient (Wildman–Crippen LogP) is 3.18. The third-order valence-electron chi connectivity index (χ3n) is 4.22. The minimum Gasteiger partial charge on any atom is -0.378 e. The zero-order chi connectivity index (χ0) is 16.3. The molecule has 0 unspecified atom stereocenters. The summed E-state index contributed by atoms with van der Waals surface area (Å²) < 4.78 is 7.71. The van der Waals surface area contributed by atoms with Gasteiger partial charge in [0.05, 0.1) is 6.10 Å². The van der Waals surface area contributed by atoms with Crippen LogP contribution in [-0.2, 0) is 10.2 Å². The van der Waals surface area contributed by atoms with E-state index < -0.39 is 0 Å². The van der Waals surface area contributed by atoms with Gasteiger partial charge in [0.25, 0.3) is 0 Å². The average Bonchev–Trinajstić information content (AvgIpc) is 3.14. The van der Waals surface area contributed by atoms with Gasteiger partial charge in [-0.3, -0.25) is 0 Å². The van der Waals surface area contributed by atoms with Crippen LogP contribution >= 0.6 is 0 Å². The standard InChI is InChI=1S/C17H27N5O/c1-17(2,3)16-20-19-15-10-9-14(21-22(15)16)18-11-6-12-23-13-7-4-5-8-13/h9-10,13H,4-8,11-12H2,1-3H3,(H,18,21). The summed E-state index contributed by atoms with van der Waals surface area (Å²) >= 11 is 0. The van der Waals surface area contributed by atoms with Gasteiger partial charge in [0.2, 0.25) is 0 Å². The highest BCUT2D eigenvalue weighted by atomic mass is 16.5. The lowest BCUT2D eigenvalue weighted by molar-refractivity contribution is 0.0583. The highest BCUT2D eigenvalue weighted by Crippen LogP contribution is 2.21. The maximum absolute atomic E-state index is 5.88. The number of ether oxygens (including phenoxy) is 1. The zero-order valence-electron chi connectivity index (χ0n) is 14.4. The second kappa shape index (κ2) is 6.83. The molecule has 6 nitrogen and oxygen atoms in total. The largest absolute Gasteiger partial charge is 0.378 e. The van der Waals surface area contributed by atoms with Gasteiger partial charge in [0.1, 0.15) is 5.82 Å². The SMILES string of the molecule is CC(C)(C)c1nnc2ccc(NCCCOC3CCCC3)nn12. The van der Waals surface area contributed by atoms with Gasteiger partial charge in [-0.05, 0) is 31.4 Å². The van der Waals surface area contributed by atoms with Crippen molar-refractivity contribution in [2.45, 2.75) is 64.4 Å². The summed E-state index contributed by atoms with van der Waals surface area (Å²) in [6.45, 7) is 8.03. The van der Waals surface area contributed by atoms with E-state index in [0.29, 0.717) is 6.10 Å². The van der Waals surface area contributed by atoms with Crippen molar-refractivity contribution < 1.29 is 4.74 Å². The molecule has 126 valence electrons. The molecule has 1 aliphatic carbocycles. The van der Waals surface area contributed by atoms with Crippen molar-refractivity contribution in [3.8, 4) is 0 Å². The summed E-state index contributed by atoms with van der Waals surface area (Å²) in [5.41, 5.74) is 0.699. The molecule has 1 saturated carbocycles. The fourth-order valence-corrected chi connectivity index (χ4v) is 2.94. The third-order valence-corrected chi connectivity index (χ3v) is 4.22. The van der Waals surface area contributed by atoms with Crippen molar-refractivity contribution in [3.05, 3.63) is 18.0 Å². The second-order valence-corrected chi connectivity index (χ2v) is 7.32. The van der Waals surface area contributed by atoms with E-state index in [-0.39, 0.29) is 5.41 Å². The van der Waals surface area contributed by atoms with Gasteiger partial charge in [-0.25, -0.2) is 0 Å². The lowest BCUT2D eigenvalue weighted by atomic mass is 9.96. The highest BCUT2D eigenvalue weighted by Gasteiger charge is 2.21. The van der Waals surface area contributed by atoms with E-state index in [2.05, 4.69) is 41.4 Å². The summed E-state index contributed by atoms with van der Waals surface area (Å²) in [6, 6.07) is 3.90. The van der Waals surface area contributed by atoms with E-state index in [0.717, 1.165) is 36.9 Å². The minimum atomic E-state index is -0.0832. The summed E-state index contributed by atoms with van der Waals surface area (Å²) in [5.74, 6) is 1.73. The molecule has 0 spiro atoms. The Labute approximate surface area is 137 Å². The molecule has 0 amide bonds. The fourth-order valence-electron chi connectivity index (χ4n) is 2.94. The third kappa shape index (κ3) is 3.99. The molecule has 1 fully saturated rings. The first-order valence-electron chi connectivity index (χ1n) is 8.62. The molecule has 1 N–H and O–H groups in total. The normalized spacial score (nSPS) is 16.3. The molecule has 0 aliphatic heterocycles. The molecule has 2 heterocycles. The molecular formula is C17H27N5O. The van der Waals surface area contributed by atoms with Crippen LogP contribution in [0.15, 0.2) is 12.1 Å². The van der Waals surface area contributed by atoms with E-state index in [4.69, 9.17) is 4.74 Å². The summed E-state index contributed by atoms with van der Waals surface area (Å²) in [7, 11) is 0.